The van der Waals surface area contributed by atoms with Crippen LogP contribution in [0.4, 0.5) is 4.39 Å². The van der Waals surface area contributed by atoms with E-state index >= 15 is 0 Å². The number of aliphatic hydroxyl groups excluding tert-OH is 1. The van der Waals surface area contributed by atoms with Gasteiger partial charge in [-0.15, -0.1) is 11.8 Å². The summed E-state index contributed by atoms with van der Waals surface area (Å²) in [7, 11) is 0. The van der Waals surface area contributed by atoms with Crippen LogP contribution >= 0.6 is 11.8 Å². The maximum atomic E-state index is 13.4. The van der Waals surface area contributed by atoms with Crippen molar-refractivity contribution in [2.24, 2.45) is 0 Å². The molecule has 1 N–H and O–H groups in total. The second-order valence-electron chi connectivity index (χ2n) is 2.55. The lowest BCUT2D eigenvalue weighted by Crippen LogP contribution is -1.94. The van der Waals surface area contributed by atoms with Gasteiger partial charge < -0.3 is 5.11 Å². The monoisotopic (exact) mass is 186 g/mol. The normalized spacial score (nSPS) is 10.3. The SMILES string of the molecule is CSc1c(C)ccc(CO)c1F. The number of aliphatic hydroxyl groups is 1. The minimum atomic E-state index is -0.287. The van der Waals surface area contributed by atoms with Gasteiger partial charge in [-0.25, -0.2) is 4.39 Å². The van der Waals surface area contributed by atoms with Crippen molar-refractivity contribution >= 4 is 11.8 Å². The average Bonchev–Trinajstić information content (AvgIpc) is 2.06. The topological polar surface area (TPSA) is 20.2 Å². The number of aryl methyl sites for hydroxylation is 1. The molecule has 66 valence electrons. The molecule has 0 aliphatic heterocycles. The first-order chi connectivity index (χ1) is 5.70. The van der Waals surface area contributed by atoms with Gasteiger partial charge in [-0.1, -0.05) is 12.1 Å². The summed E-state index contributed by atoms with van der Waals surface area (Å²) in [5.74, 6) is -0.287. The number of hydrogen-bond donors (Lipinski definition) is 1. The molecule has 0 spiro atoms. The number of hydrogen-bond acceptors (Lipinski definition) is 2. The molecular formula is C9H11FOS. The van der Waals surface area contributed by atoms with Crippen LogP contribution in [0.2, 0.25) is 0 Å². The van der Waals surface area contributed by atoms with Crippen LogP contribution in [-0.2, 0) is 6.61 Å². The number of benzene rings is 1. The minimum absolute atomic E-state index is 0.236. The van der Waals surface area contributed by atoms with E-state index in [4.69, 9.17) is 5.11 Å². The van der Waals surface area contributed by atoms with Crippen LogP contribution in [-0.4, -0.2) is 11.4 Å². The van der Waals surface area contributed by atoms with Crippen LogP contribution in [0.1, 0.15) is 11.1 Å². The van der Waals surface area contributed by atoms with E-state index in [-0.39, 0.29) is 12.4 Å². The Morgan fingerprint density at radius 3 is 2.67 bits per heavy atom. The van der Waals surface area contributed by atoms with Gasteiger partial charge in [0, 0.05) is 10.5 Å². The second-order valence-corrected chi connectivity index (χ2v) is 3.36. The number of thioether (sulfide) groups is 1. The highest BCUT2D eigenvalue weighted by atomic mass is 32.2. The van der Waals surface area contributed by atoms with Crippen molar-refractivity contribution in [3.63, 3.8) is 0 Å². The van der Waals surface area contributed by atoms with Crippen LogP contribution in [0.15, 0.2) is 17.0 Å². The molecule has 1 nitrogen and oxygen atoms in total. The van der Waals surface area contributed by atoms with Crippen LogP contribution in [0.5, 0.6) is 0 Å². The number of halogens is 1. The predicted octanol–water partition coefficient (Wildman–Crippen LogP) is 2.35. The Kier molecular flexibility index (Phi) is 3.12. The van der Waals surface area contributed by atoms with Gasteiger partial charge in [-0.05, 0) is 18.7 Å². The molecule has 0 saturated carbocycles. The van der Waals surface area contributed by atoms with Crippen molar-refractivity contribution in [2.45, 2.75) is 18.4 Å². The summed E-state index contributed by atoms with van der Waals surface area (Å²) in [4.78, 5) is 0.626. The van der Waals surface area contributed by atoms with E-state index in [2.05, 4.69) is 0 Å². The van der Waals surface area contributed by atoms with Gasteiger partial charge in [0.15, 0.2) is 0 Å². The fourth-order valence-corrected chi connectivity index (χ4v) is 1.77. The van der Waals surface area contributed by atoms with E-state index in [1.165, 1.54) is 11.8 Å². The first-order valence-corrected chi connectivity index (χ1v) is 4.86. The van der Waals surface area contributed by atoms with Gasteiger partial charge in [0.2, 0.25) is 0 Å². The maximum absolute atomic E-state index is 13.4. The van der Waals surface area contributed by atoms with Gasteiger partial charge in [-0.3, -0.25) is 0 Å². The third kappa shape index (κ3) is 1.62. The highest BCUT2D eigenvalue weighted by molar-refractivity contribution is 7.98. The molecule has 1 aromatic carbocycles. The van der Waals surface area contributed by atoms with Crippen molar-refractivity contribution < 1.29 is 9.50 Å². The quantitative estimate of drug-likeness (QED) is 0.715. The summed E-state index contributed by atoms with van der Waals surface area (Å²) in [6.07, 6.45) is 1.83. The van der Waals surface area contributed by atoms with Gasteiger partial charge in [-0.2, -0.15) is 0 Å². The second kappa shape index (κ2) is 3.92. The molecule has 3 heteroatoms. The molecule has 0 aliphatic carbocycles. The van der Waals surface area contributed by atoms with Gasteiger partial charge in [0.1, 0.15) is 5.82 Å². The summed E-state index contributed by atoms with van der Waals surface area (Å²) in [5, 5.41) is 8.78. The molecule has 1 aromatic rings. The minimum Gasteiger partial charge on any atom is -0.392 e. The molecule has 0 radical (unpaired) electrons. The Morgan fingerprint density at radius 1 is 1.50 bits per heavy atom. The summed E-state index contributed by atoms with van der Waals surface area (Å²) < 4.78 is 13.4. The zero-order valence-electron chi connectivity index (χ0n) is 7.10. The summed E-state index contributed by atoms with van der Waals surface area (Å²) in [6, 6.07) is 3.44. The van der Waals surface area contributed by atoms with Crippen molar-refractivity contribution in [3.8, 4) is 0 Å². The van der Waals surface area contributed by atoms with Crippen LogP contribution in [0.25, 0.3) is 0 Å². The highest BCUT2D eigenvalue weighted by Gasteiger charge is 2.08. The molecule has 0 heterocycles. The zero-order chi connectivity index (χ0) is 9.14. The van der Waals surface area contributed by atoms with E-state index in [0.29, 0.717) is 10.5 Å². The standard InChI is InChI=1S/C9H11FOS/c1-6-3-4-7(5-11)8(10)9(6)12-2/h3-4,11H,5H2,1-2H3. The summed E-state index contributed by atoms with van der Waals surface area (Å²) in [6.45, 7) is 1.62. The van der Waals surface area contributed by atoms with E-state index < -0.39 is 0 Å². The van der Waals surface area contributed by atoms with E-state index in [0.717, 1.165) is 5.56 Å². The molecule has 0 atom stereocenters. The van der Waals surface area contributed by atoms with Crippen LogP contribution in [0, 0.1) is 12.7 Å². The molecular weight excluding hydrogens is 175 g/mol. The largest absolute Gasteiger partial charge is 0.392 e. The first kappa shape index (κ1) is 9.55. The third-order valence-corrected chi connectivity index (χ3v) is 2.66. The highest BCUT2D eigenvalue weighted by Crippen LogP contribution is 2.25. The van der Waals surface area contributed by atoms with Gasteiger partial charge >= 0.3 is 0 Å². The Balaban J connectivity index is 3.24. The number of rotatable bonds is 2. The lowest BCUT2D eigenvalue weighted by molar-refractivity contribution is 0.274. The maximum Gasteiger partial charge on any atom is 0.142 e. The average molecular weight is 186 g/mol. The Bertz CT molecular complexity index is 286. The molecule has 0 fully saturated rings. The molecule has 12 heavy (non-hydrogen) atoms. The molecule has 0 aromatic heterocycles. The Labute approximate surface area is 75.6 Å². The fourth-order valence-electron chi connectivity index (χ4n) is 1.07. The van der Waals surface area contributed by atoms with Gasteiger partial charge in [0.05, 0.1) is 6.61 Å². The lowest BCUT2D eigenvalue weighted by atomic mass is 10.1. The van der Waals surface area contributed by atoms with Crippen LogP contribution < -0.4 is 0 Å². The van der Waals surface area contributed by atoms with E-state index in [9.17, 15) is 4.39 Å². The smallest absolute Gasteiger partial charge is 0.142 e. The lowest BCUT2D eigenvalue weighted by Gasteiger charge is -2.06. The predicted molar refractivity (Wildman–Crippen MR) is 48.8 cm³/mol. The van der Waals surface area contributed by atoms with Crippen molar-refractivity contribution in [3.05, 3.63) is 29.1 Å². The van der Waals surface area contributed by atoms with Crippen molar-refractivity contribution in [1.29, 1.82) is 0 Å². The molecule has 0 unspecified atom stereocenters. The van der Waals surface area contributed by atoms with E-state index in [1.54, 1.807) is 6.07 Å². The summed E-state index contributed by atoms with van der Waals surface area (Å²) >= 11 is 1.37. The molecule has 0 bridgehead atoms. The Morgan fingerprint density at radius 2 is 2.17 bits per heavy atom. The Hall–Kier alpha value is -0.540. The molecule has 0 aliphatic rings. The molecule has 0 saturated heterocycles. The third-order valence-electron chi connectivity index (χ3n) is 1.75. The van der Waals surface area contributed by atoms with Crippen LogP contribution in [0.3, 0.4) is 0 Å². The zero-order valence-corrected chi connectivity index (χ0v) is 7.91. The van der Waals surface area contributed by atoms with E-state index in [1.807, 2.05) is 19.2 Å². The molecule has 1 rings (SSSR count). The fraction of sp³-hybridized carbons (Fsp3) is 0.333. The molecule has 0 amide bonds. The van der Waals surface area contributed by atoms with Crippen molar-refractivity contribution in [2.75, 3.05) is 6.26 Å². The summed E-state index contributed by atoms with van der Waals surface area (Å²) in [5.41, 5.74) is 1.28. The van der Waals surface area contributed by atoms with Gasteiger partial charge in [0.25, 0.3) is 0 Å². The van der Waals surface area contributed by atoms with Crippen molar-refractivity contribution in [1.82, 2.24) is 0 Å². The first-order valence-electron chi connectivity index (χ1n) is 3.63.